The minimum absolute atomic E-state index is 0.00581. The molecule has 2 N–H and O–H groups in total. The van der Waals surface area contributed by atoms with Gasteiger partial charge in [0.1, 0.15) is 0 Å². The number of carbonyl (C=O) groups is 2. The van der Waals surface area contributed by atoms with Crippen LogP contribution in [0.4, 0.5) is 13.2 Å². The Hall–Kier alpha value is -3.36. The summed E-state index contributed by atoms with van der Waals surface area (Å²) in [5, 5.41) is 16.7. The lowest BCUT2D eigenvalue weighted by atomic mass is 9.57. The van der Waals surface area contributed by atoms with Gasteiger partial charge in [-0.05, 0) is 48.9 Å². The van der Waals surface area contributed by atoms with Crippen LogP contribution >= 0.6 is 0 Å². The Bertz CT molecular complexity index is 1300. The molecule has 0 unspecified atom stereocenters. The molecule has 9 heteroatoms. The van der Waals surface area contributed by atoms with Gasteiger partial charge in [0.25, 0.3) is 5.91 Å². The highest BCUT2D eigenvalue weighted by atomic mass is 19.4. The third kappa shape index (κ3) is 4.72. The number of nitrogens with one attached hydrogen (secondary N) is 1. The third-order valence-electron chi connectivity index (χ3n) is 5.91. The van der Waals surface area contributed by atoms with Crippen molar-refractivity contribution in [3.8, 4) is 0 Å². The lowest BCUT2D eigenvalue weighted by Crippen LogP contribution is -2.59. The fraction of sp³-hybridized carbons (Fsp3) is 0.375. The van der Waals surface area contributed by atoms with Crippen LogP contribution in [0.25, 0.3) is 10.9 Å². The van der Waals surface area contributed by atoms with Crippen LogP contribution in [0.15, 0.2) is 48.7 Å². The molecule has 4 rings (SSSR count). The Morgan fingerprint density at radius 2 is 1.85 bits per heavy atom. The number of halogens is 3. The van der Waals surface area contributed by atoms with Crippen LogP contribution in [0.1, 0.15) is 57.3 Å². The molecule has 1 aliphatic carbocycles. The van der Waals surface area contributed by atoms with E-state index in [1.807, 2.05) is 13.8 Å². The van der Waals surface area contributed by atoms with Crippen molar-refractivity contribution >= 4 is 22.8 Å². The molecule has 33 heavy (non-hydrogen) atoms. The van der Waals surface area contributed by atoms with E-state index in [9.17, 15) is 22.8 Å². The van der Waals surface area contributed by atoms with E-state index in [1.54, 1.807) is 12.1 Å². The topological polar surface area (TPSA) is 84.2 Å². The molecule has 0 spiro atoms. The monoisotopic (exact) mass is 461 g/mol. The lowest BCUT2D eigenvalue weighted by Gasteiger charge is -2.52. The summed E-state index contributed by atoms with van der Waals surface area (Å²) >= 11 is 0. The van der Waals surface area contributed by atoms with Crippen molar-refractivity contribution in [3.63, 3.8) is 0 Å². The Labute approximate surface area is 191 Å². The highest BCUT2D eigenvalue weighted by Gasteiger charge is 2.50. The Kier molecular flexibility index (Phi) is 4.85. The Balaban J connectivity index is 1.65. The minimum Gasteiger partial charge on any atom is -0.481 e. The highest BCUT2D eigenvalue weighted by molar-refractivity contribution is 6.06. The van der Waals surface area contributed by atoms with Crippen molar-refractivity contribution in [2.45, 2.75) is 51.3 Å². The summed E-state index contributed by atoms with van der Waals surface area (Å²) < 4.78 is 57.0. The summed E-state index contributed by atoms with van der Waals surface area (Å²) in [6, 6.07) is 8.53. The van der Waals surface area contributed by atoms with Gasteiger partial charge in [-0.25, -0.2) is 0 Å². The molecule has 1 aliphatic rings. The first-order valence-corrected chi connectivity index (χ1v) is 10.3. The van der Waals surface area contributed by atoms with E-state index in [2.05, 4.69) is 10.4 Å². The molecule has 2 aromatic carbocycles. The van der Waals surface area contributed by atoms with Crippen LogP contribution in [0.2, 0.25) is 0 Å². The number of carboxylic acid groups (broad SMARTS) is 1. The zero-order chi connectivity index (χ0) is 25.8. The SMILES string of the molecule is [2H]C([2H])(c1ccc(C(F)(F)F)cc1)n1ncc2cccc(C(=O)NC3(C)CC(C)(CC(=O)O)C3)c21. The summed E-state index contributed by atoms with van der Waals surface area (Å²) in [4.78, 5) is 24.4. The first-order chi connectivity index (χ1) is 16.1. The number of carbonyl (C=O) groups excluding carboxylic acids is 1. The standard InChI is InChI=1S/C24H24F3N3O3/c1-22(10-19(31)32)13-23(2,14-22)29-21(33)18-5-3-4-16-11-28-30(20(16)18)12-15-6-8-17(9-7-15)24(25,26)27/h3-9,11H,10,12-14H2,1-2H3,(H,29,33)(H,31,32)/i12D2. The smallest absolute Gasteiger partial charge is 0.416 e. The maximum absolute atomic E-state index is 13.3. The number of amides is 1. The van der Waals surface area contributed by atoms with Crippen LogP contribution in [-0.2, 0) is 17.5 Å². The second-order valence-electron chi connectivity index (χ2n) is 9.24. The molecule has 0 bridgehead atoms. The van der Waals surface area contributed by atoms with E-state index >= 15 is 0 Å². The number of aromatic nitrogens is 2. The number of para-hydroxylation sites is 1. The number of fused-ring (bicyclic) bond motifs is 1. The summed E-state index contributed by atoms with van der Waals surface area (Å²) in [6.45, 7) is 1.33. The van der Waals surface area contributed by atoms with Crippen molar-refractivity contribution in [1.29, 1.82) is 0 Å². The van der Waals surface area contributed by atoms with Crippen molar-refractivity contribution < 1.29 is 30.6 Å². The quantitative estimate of drug-likeness (QED) is 0.549. The molecule has 0 aliphatic heterocycles. The maximum Gasteiger partial charge on any atom is 0.416 e. The zero-order valence-corrected chi connectivity index (χ0v) is 18.0. The average molecular weight is 461 g/mol. The van der Waals surface area contributed by atoms with E-state index in [-0.39, 0.29) is 23.1 Å². The van der Waals surface area contributed by atoms with Gasteiger partial charge in [0.15, 0.2) is 0 Å². The zero-order valence-electron chi connectivity index (χ0n) is 20.0. The predicted molar refractivity (Wildman–Crippen MR) is 116 cm³/mol. The molecule has 6 nitrogen and oxygen atoms in total. The number of nitrogens with zero attached hydrogens (tertiary/aromatic N) is 2. The second kappa shape index (κ2) is 7.90. The van der Waals surface area contributed by atoms with E-state index in [0.29, 0.717) is 18.2 Å². The third-order valence-corrected chi connectivity index (χ3v) is 5.91. The van der Waals surface area contributed by atoms with Crippen molar-refractivity contribution in [2.75, 3.05) is 0 Å². The molecule has 1 heterocycles. The van der Waals surface area contributed by atoms with Gasteiger partial charge in [0, 0.05) is 10.9 Å². The fourth-order valence-electron chi connectivity index (χ4n) is 4.96. The molecule has 1 amide bonds. The first-order valence-electron chi connectivity index (χ1n) is 11.3. The fourth-order valence-corrected chi connectivity index (χ4v) is 4.96. The van der Waals surface area contributed by atoms with Crippen LogP contribution < -0.4 is 5.32 Å². The summed E-state index contributed by atoms with van der Waals surface area (Å²) in [5.41, 5.74) is -1.65. The summed E-state index contributed by atoms with van der Waals surface area (Å²) in [6.07, 6.45) is -2.22. The van der Waals surface area contributed by atoms with Crippen LogP contribution in [0.3, 0.4) is 0 Å². The van der Waals surface area contributed by atoms with Gasteiger partial charge in [-0.2, -0.15) is 18.3 Å². The van der Waals surface area contributed by atoms with E-state index < -0.39 is 41.1 Å². The van der Waals surface area contributed by atoms with Crippen molar-refractivity contribution in [1.82, 2.24) is 15.1 Å². The minimum atomic E-state index is -4.55. The number of carboxylic acids is 1. The normalized spacial score (nSPS) is 24.0. The van der Waals surface area contributed by atoms with E-state index in [1.165, 1.54) is 12.3 Å². The van der Waals surface area contributed by atoms with Crippen LogP contribution in [0.5, 0.6) is 0 Å². The summed E-state index contributed by atoms with van der Waals surface area (Å²) in [5.74, 6) is -1.37. The van der Waals surface area contributed by atoms with Gasteiger partial charge in [-0.3, -0.25) is 14.3 Å². The van der Waals surface area contributed by atoms with Gasteiger partial charge >= 0.3 is 12.1 Å². The average Bonchev–Trinajstić information content (AvgIpc) is 3.16. The Morgan fingerprint density at radius 1 is 1.18 bits per heavy atom. The van der Waals surface area contributed by atoms with Gasteiger partial charge in [0.2, 0.25) is 0 Å². The van der Waals surface area contributed by atoms with Crippen LogP contribution in [-0.4, -0.2) is 32.3 Å². The van der Waals surface area contributed by atoms with Gasteiger partial charge in [0.05, 0.1) is 38.5 Å². The number of aliphatic carboxylic acids is 1. The highest BCUT2D eigenvalue weighted by Crippen LogP contribution is 2.50. The molecule has 1 fully saturated rings. The largest absolute Gasteiger partial charge is 0.481 e. The van der Waals surface area contributed by atoms with Gasteiger partial charge < -0.3 is 10.4 Å². The molecule has 0 atom stereocenters. The van der Waals surface area contributed by atoms with Crippen molar-refractivity contribution in [2.24, 2.45) is 5.41 Å². The predicted octanol–water partition coefficient (Wildman–Crippen LogP) is 4.87. The molecule has 174 valence electrons. The molecule has 0 radical (unpaired) electrons. The molecule has 1 aromatic heterocycles. The molecular weight excluding hydrogens is 435 g/mol. The van der Waals surface area contributed by atoms with E-state index in [4.69, 9.17) is 7.85 Å². The number of rotatable bonds is 6. The Morgan fingerprint density at radius 3 is 2.45 bits per heavy atom. The number of alkyl halides is 3. The van der Waals surface area contributed by atoms with Crippen molar-refractivity contribution in [3.05, 3.63) is 65.4 Å². The molecule has 1 saturated carbocycles. The van der Waals surface area contributed by atoms with Gasteiger partial charge in [-0.15, -0.1) is 0 Å². The number of hydrogen-bond acceptors (Lipinski definition) is 3. The number of benzene rings is 2. The van der Waals surface area contributed by atoms with E-state index in [0.717, 1.165) is 28.9 Å². The second-order valence-corrected chi connectivity index (χ2v) is 9.24. The first kappa shape index (κ1) is 20.3. The summed E-state index contributed by atoms with van der Waals surface area (Å²) in [7, 11) is 0. The number of hydrogen-bond donors (Lipinski definition) is 2. The lowest BCUT2D eigenvalue weighted by molar-refractivity contribution is -0.142. The molecular formula is C24H24F3N3O3. The molecule has 0 saturated heterocycles. The maximum atomic E-state index is 13.3. The van der Waals surface area contributed by atoms with Gasteiger partial charge in [-0.1, -0.05) is 31.2 Å². The van der Waals surface area contributed by atoms with Crippen LogP contribution in [0, 0.1) is 5.41 Å². The molecule has 3 aromatic rings.